The van der Waals surface area contributed by atoms with E-state index in [0.29, 0.717) is 12.1 Å². The summed E-state index contributed by atoms with van der Waals surface area (Å²) in [6.07, 6.45) is 2.02. The molecule has 0 spiro atoms. The first-order valence-electron chi connectivity index (χ1n) is 6.43. The molecule has 2 aromatic rings. The van der Waals surface area contributed by atoms with Gasteiger partial charge in [-0.25, -0.2) is 0 Å². The third-order valence-electron chi connectivity index (χ3n) is 3.36. The Hall–Kier alpha value is -1.75. The summed E-state index contributed by atoms with van der Waals surface area (Å²) in [6, 6.07) is 7.69. The number of hydrogen-bond donors (Lipinski definition) is 1. The first kappa shape index (κ1) is 14.7. The highest BCUT2D eigenvalue weighted by Gasteiger charge is 2.15. The molecule has 106 valence electrons. The number of aromatic nitrogens is 2. The van der Waals surface area contributed by atoms with Gasteiger partial charge in [-0.3, -0.25) is 9.89 Å². The van der Waals surface area contributed by atoms with E-state index in [1.165, 1.54) is 0 Å². The van der Waals surface area contributed by atoms with Gasteiger partial charge < -0.3 is 4.90 Å². The number of H-pyrrole nitrogens is 1. The summed E-state index contributed by atoms with van der Waals surface area (Å²) >= 11 is 1.67. The summed E-state index contributed by atoms with van der Waals surface area (Å²) in [4.78, 5) is 15.3. The van der Waals surface area contributed by atoms with E-state index < -0.39 is 0 Å². The second-order valence-corrected chi connectivity index (χ2v) is 5.68. The lowest BCUT2D eigenvalue weighted by Gasteiger charge is -2.17. The summed E-state index contributed by atoms with van der Waals surface area (Å²) in [5.41, 5.74) is 3.76. The number of hydrogen-bond acceptors (Lipinski definition) is 3. The highest BCUT2D eigenvalue weighted by Crippen LogP contribution is 2.17. The van der Waals surface area contributed by atoms with Gasteiger partial charge in [0.25, 0.3) is 5.91 Å². The molecule has 0 aliphatic rings. The molecule has 0 saturated carbocycles. The standard InChI is InChI=1S/C15H19N3OS/c1-10-14(11(2)17-16-10)9-18(3)15(19)12-5-7-13(20-4)8-6-12/h5-8H,9H2,1-4H3,(H,16,17). The fourth-order valence-corrected chi connectivity index (χ4v) is 2.48. The number of benzene rings is 1. The number of carbonyl (C=O) groups is 1. The molecule has 1 amide bonds. The van der Waals surface area contributed by atoms with Crippen LogP contribution in [-0.4, -0.2) is 34.3 Å². The van der Waals surface area contributed by atoms with Crippen LogP contribution in [0.25, 0.3) is 0 Å². The molecule has 4 nitrogen and oxygen atoms in total. The lowest BCUT2D eigenvalue weighted by Crippen LogP contribution is -2.26. The fraction of sp³-hybridized carbons (Fsp3) is 0.333. The molecular formula is C15H19N3OS. The minimum absolute atomic E-state index is 0.0256. The van der Waals surface area contributed by atoms with Crippen LogP contribution < -0.4 is 0 Å². The Bertz CT molecular complexity index is 585. The molecule has 0 saturated heterocycles. The first-order valence-corrected chi connectivity index (χ1v) is 7.65. The summed E-state index contributed by atoms with van der Waals surface area (Å²) in [5.74, 6) is 0.0256. The maximum absolute atomic E-state index is 12.4. The molecule has 0 aliphatic heterocycles. The van der Waals surface area contributed by atoms with Gasteiger partial charge in [-0.05, 0) is 44.4 Å². The summed E-state index contributed by atoms with van der Waals surface area (Å²) in [5, 5.41) is 7.10. The van der Waals surface area contributed by atoms with Crippen molar-refractivity contribution < 1.29 is 4.79 Å². The topological polar surface area (TPSA) is 49.0 Å². The van der Waals surface area contributed by atoms with Crippen molar-refractivity contribution in [2.45, 2.75) is 25.3 Å². The van der Waals surface area contributed by atoms with Crippen LogP contribution in [0, 0.1) is 13.8 Å². The Morgan fingerprint density at radius 3 is 2.45 bits per heavy atom. The van der Waals surface area contributed by atoms with Crippen LogP contribution in [0.2, 0.25) is 0 Å². The maximum atomic E-state index is 12.4. The number of aryl methyl sites for hydroxylation is 2. The second-order valence-electron chi connectivity index (χ2n) is 4.80. The predicted octanol–water partition coefficient (Wildman–Crippen LogP) is 3.02. The highest BCUT2D eigenvalue weighted by molar-refractivity contribution is 7.98. The van der Waals surface area contributed by atoms with Crippen molar-refractivity contribution in [1.29, 1.82) is 0 Å². The van der Waals surface area contributed by atoms with Gasteiger partial charge in [0.05, 0.1) is 5.69 Å². The second kappa shape index (κ2) is 6.13. The van der Waals surface area contributed by atoms with Crippen LogP contribution in [0.4, 0.5) is 0 Å². The van der Waals surface area contributed by atoms with Crippen LogP contribution >= 0.6 is 11.8 Å². The number of rotatable bonds is 4. The van der Waals surface area contributed by atoms with Crippen LogP contribution in [-0.2, 0) is 6.54 Å². The maximum Gasteiger partial charge on any atom is 0.253 e. The predicted molar refractivity (Wildman–Crippen MR) is 82.1 cm³/mol. The van der Waals surface area contributed by atoms with Gasteiger partial charge >= 0.3 is 0 Å². The molecule has 20 heavy (non-hydrogen) atoms. The largest absolute Gasteiger partial charge is 0.337 e. The normalized spacial score (nSPS) is 10.6. The Kier molecular flexibility index (Phi) is 4.49. The lowest BCUT2D eigenvalue weighted by atomic mass is 10.1. The molecule has 2 rings (SSSR count). The first-order chi connectivity index (χ1) is 9.52. The molecule has 0 unspecified atom stereocenters. The minimum Gasteiger partial charge on any atom is -0.337 e. The smallest absolute Gasteiger partial charge is 0.253 e. The fourth-order valence-electron chi connectivity index (χ4n) is 2.07. The van der Waals surface area contributed by atoms with Gasteiger partial charge in [0.2, 0.25) is 0 Å². The Labute approximate surface area is 123 Å². The van der Waals surface area contributed by atoms with E-state index in [4.69, 9.17) is 0 Å². The minimum atomic E-state index is 0.0256. The number of nitrogens with one attached hydrogen (secondary N) is 1. The quantitative estimate of drug-likeness (QED) is 0.880. The van der Waals surface area contributed by atoms with Crippen molar-refractivity contribution in [1.82, 2.24) is 15.1 Å². The van der Waals surface area contributed by atoms with Gasteiger partial charge in [-0.1, -0.05) is 0 Å². The van der Waals surface area contributed by atoms with E-state index >= 15 is 0 Å². The van der Waals surface area contributed by atoms with Crippen LogP contribution in [0.1, 0.15) is 27.3 Å². The van der Waals surface area contributed by atoms with Gasteiger partial charge in [0.15, 0.2) is 0 Å². The zero-order valence-electron chi connectivity index (χ0n) is 12.2. The van der Waals surface area contributed by atoms with Crippen molar-refractivity contribution in [3.05, 3.63) is 46.8 Å². The van der Waals surface area contributed by atoms with E-state index in [-0.39, 0.29) is 5.91 Å². The Balaban J connectivity index is 2.12. The van der Waals surface area contributed by atoms with Gasteiger partial charge in [0, 0.05) is 35.3 Å². The summed E-state index contributed by atoms with van der Waals surface area (Å²) in [6.45, 7) is 4.49. The molecule has 0 atom stereocenters. The number of aromatic amines is 1. The van der Waals surface area contributed by atoms with Crippen LogP contribution in [0.5, 0.6) is 0 Å². The molecule has 0 aliphatic carbocycles. The zero-order chi connectivity index (χ0) is 14.7. The molecule has 1 heterocycles. The Morgan fingerprint density at radius 2 is 1.95 bits per heavy atom. The van der Waals surface area contributed by atoms with Crippen molar-refractivity contribution >= 4 is 17.7 Å². The molecular weight excluding hydrogens is 270 g/mol. The van der Waals surface area contributed by atoms with E-state index in [0.717, 1.165) is 21.8 Å². The van der Waals surface area contributed by atoms with Crippen LogP contribution in [0.15, 0.2) is 29.2 Å². The summed E-state index contributed by atoms with van der Waals surface area (Å²) in [7, 11) is 1.82. The molecule has 5 heteroatoms. The molecule has 0 fully saturated rings. The third kappa shape index (κ3) is 3.04. The molecule has 1 N–H and O–H groups in total. The van der Waals surface area contributed by atoms with Gasteiger partial charge in [-0.15, -0.1) is 11.8 Å². The average molecular weight is 289 g/mol. The third-order valence-corrected chi connectivity index (χ3v) is 4.10. The zero-order valence-corrected chi connectivity index (χ0v) is 13.0. The van der Waals surface area contributed by atoms with Gasteiger partial charge in [-0.2, -0.15) is 5.10 Å². The SMILES string of the molecule is CSc1ccc(C(=O)N(C)Cc2c(C)n[nH]c2C)cc1. The van der Waals surface area contributed by atoms with E-state index in [9.17, 15) is 4.79 Å². The average Bonchev–Trinajstić information content (AvgIpc) is 2.78. The van der Waals surface area contributed by atoms with Crippen molar-refractivity contribution in [3.63, 3.8) is 0 Å². The Morgan fingerprint density at radius 1 is 1.30 bits per heavy atom. The van der Waals surface area contributed by atoms with E-state index in [1.807, 2.05) is 51.4 Å². The van der Waals surface area contributed by atoms with E-state index in [2.05, 4.69) is 10.2 Å². The van der Waals surface area contributed by atoms with E-state index in [1.54, 1.807) is 16.7 Å². The van der Waals surface area contributed by atoms with Crippen LogP contribution in [0.3, 0.4) is 0 Å². The lowest BCUT2D eigenvalue weighted by molar-refractivity contribution is 0.0784. The van der Waals surface area contributed by atoms with Gasteiger partial charge in [0.1, 0.15) is 0 Å². The van der Waals surface area contributed by atoms with Crippen molar-refractivity contribution in [3.8, 4) is 0 Å². The van der Waals surface area contributed by atoms with Crippen molar-refractivity contribution in [2.24, 2.45) is 0 Å². The molecule has 0 radical (unpaired) electrons. The monoisotopic (exact) mass is 289 g/mol. The number of amides is 1. The highest BCUT2D eigenvalue weighted by atomic mass is 32.2. The summed E-state index contributed by atoms with van der Waals surface area (Å²) < 4.78 is 0. The number of carbonyl (C=O) groups excluding carboxylic acids is 1. The number of nitrogens with zero attached hydrogens (tertiary/aromatic N) is 2. The molecule has 1 aromatic heterocycles. The molecule has 1 aromatic carbocycles. The van der Waals surface area contributed by atoms with Crippen molar-refractivity contribution in [2.75, 3.05) is 13.3 Å². The molecule has 0 bridgehead atoms. The number of thioether (sulfide) groups is 1.